The number of rotatable bonds is 3. The van der Waals surface area contributed by atoms with Crippen molar-refractivity contribution in [3.8, 4) is 0 Å². The van der Waals surface area contributed by atoms with Gasteiger partial charge in [-0.3, -0.25) is 18.8 Å². The van der Waals surface area contributed by atoms with E-state index in [1.54, 1.807) is 18.3 Å². The van der Waals surface area contributed by atoms with Crippen LogP contribution >= 0.6 is 0 Å². The molecule has 0 aliphatic carbocycles. The third kappa shape index (κ3) is 3.00. The largest absolute Gasteiger partial charge is 0.481 e. The van der Waals surface area contributed by atoms with Crippen molar-refractivity contribution in [2.24, 2.45) is 0 Å². The fourth-order valence-corrected chi connectivity index (χ4v) is 2.77. The highest BCUT2D eigenvalue weighted by molar-refractivity contribution is 5.94. The van der Waals surface area contributed by atoms with Crippen LogP contribution in [-0.2, 0) is 9.53 Å². The zero-order valence-electron chi connectivity index (χ0n) is 13.1. The number of carboxylic acids is 1. The van der Waals surface area contributed by atoms with Crippen LogP contribution in [0.15, 0.2) is 29.3 Å². The van der Waals surface area contributed by atoms with Crippen LogP contribution in [0, 0.1) is 6.92 Å². The molecule has 3 heterocycles. The molecule has 24 heavy (non-hydrogen) atoms. The van der Waals surface area contributed by atoms with Gasteiger partial charge in [0.05, 0.1) is 25.7 Å². The molecule has 2 aromatic heterocycles. The summed E-state index contributed by atoms with van der Waals surface area (Å²) in [6.07, 6.45) is 2.60. The van der Waals surface area contributed by atoms with Crippen molar-refractivity contribution in [2.75, 3.05) is 19.8 Å². The highest BCUT2D eigenvalue weighted by Gasteiger charge is 2.31. The van der Waals surface area contributed by atoms with Gasteiger partial charge in [-0.05, 0) is 24.6 Å². The highest BCUT2D eigenvalue weighted by Crippen LogP contribution is 2.14. The lowest BCUT2D eigenvalue weighted by molar-refractivity contribution is -0.139. The molecule has 2 aromatic rings. The number of carbonyl (C=O) groups is 2. The van der Waals surface area contributed by atoms with Crippen LogP contribution in [0.2, 0.25) is 0 Å². The first kappa shape index (κ1) is 16.1. The molecule has 1 N–H and O–H groups in total. The van der Waals surface area contributed by atoms with Crippen LogP contribution < -0.4 is 5.56 Å². The third-order valence-electron chi connectivity index (χ3n) is 3.99. The monoisotopic (exact) mass is 331 g/mol. The number of carbonyl (C=O) groups excluding carboxylic acids is 1. The van der Waals surface area contributed by atoms with Gasteiger partial charge in [0.1, 0.15) is 11.2 Å². The number of hydrogen-bond acceptors (Lipinski definition) is 5. The molecule has 0 saturated carbocycles. The van der Waals surface area contributed by atoms with Crippen molar-refractivity contribution in [3.63, 3.8) is 0 Å². The maximum atomic E-state index is 12.7. The third-order valence-corrected chi connectivity index (χ3v) is 3.99. The van der Waals surface area contributed by atoms with Crippen molar-refractivity contribution < 1.29 is 19.4 Å². The fourth-order valence-electron chi connectivity index (χ4n) is 2.77. The van der Waals surface area contributed by atoms with Crippen LogP contribution in [0.25, 0.3) is 5.65 Å². The van der Waals surface area contributed by atoms with Crippen molar-refractivity contribution in [1.29, 1.82) is 0 Å². The van der Waals surface area contributed by atoms with Crippen LogP contribution in [0.4, 0.5) is 0 Å². The van der Waals surface area contributed by atoms with E-state index in [4.69, 9.17) is 9.84 Å². The normalized spacial score (nSPS) is 17.9. The molecular weight excluding hydrogens is 314 g/mol. The molecule has 1 fully saturated rings. The number of aliphatic carboxylic acids is 1. The summed E-state index contributed by atoms with van der Waals surface area (Å²) >= 11 is 0. The van der Waals surface area contributed by atoms with E-state index in [0.717, 1.165) is 5.56 Å². The summed E-state index contributed by atoms with van der Waals surface area (Å²) in [5.74, 6) is -1.54. The Labute approximate surface area is 137 Å². The molecule has 1 amide bonds. The molecule has 126 valence electrons. The number of ether oxygens (including phenoxy) is 1. The minimum Gasteiger partial charge on any atom is -0.481 e. The molecule has 8 nitrogen and oxygen atoms in total. The van der Waals surface area contributed by atoms with Crippen molar-refractivity contribution in [3.05, 3.63) is 46.0 Å². The van der Waals surface area contributed by atoms with Gasteiger partial charge in [-0.15, -0.1) is 0 Å². The van der Waals surface area contributed by atoms with Crippen molar-refractivity contribution >= 4 is 17.5 Å². The van der Waals surface area contributed by atoms with Gasteiger partial charge in [0.25, 0.3) is 11.5 Å². The Hall–Kier alpha value is -2.74. The second-order valence-corrected chi connectivity index (χ2v) is 5.73. The number of nitrogens with zero attached hydrogens (tertiary/aromatic N) is 3. The van der Waals surface area contributed by atoms with Gasteiger partial charge in [-0.2, -0.15) is 0 Å². The van der Waals surface area contributed by atoms with E-state index in [1.165, 1.54) is 15.5 Å². The topological polar surface area (TPSA) is 101 Å². The number of morpholine rings is 1. The molecule has 0 aromatic carbocycles. The van der Waals surface area contributed by atoms with Crippen LogP contribution in [-0.4, -0.2) is 57.1 Å². The zero-order valence-corrected chi connectivity index (χ0v) is 13.1. The van der Waals surface area contributed by atoms with Crippen molar-refractivity contribution in [2.45, 2.75) is 19.4 Å². The summed E-state index contributed by atoms with van der Waals surface area (Å²) in [7, 11) is 0. The lowest BCUT2D eigenvalue weighted by Gasteiger charge is -2.34. The molecule has 0 bridgehead atoms. The summed E-state index contributed by atoms with van der Waals surface area (Å²) in [4.78, 5) is 41.9. The van der Waals surface area contributed by atoms with Gasteiger partial charge in [-0.1, -0.05) is 0 Å². The van der Waals surface area contributed by atoms with Crippen LogP contribution in [0.3, 0.4) is 0 Å². The van der Waals surface area contributed by atoms with Crippen LogP contribution in [0.1, 0.15) is 22.3 Å². The van der Waals surface area contributed by atoms with Crippen LogP contribution in [0.5, 0.6) is 0 Å². The Morgan fingerprint density at radius 3 is 3.00 bits per heavy atom. The molecule has 1 saturated heterocycles. The minimum atomic E-state index is -1.02. The maximum absolute atomic E-state index is 12.7. The summed E-state index contributed by atoms with van der Waals surface area (Å²) < 4.78 is 6.57. The number of carboxylic acid groups (broad SMARTS) is 1. The molecule has 1 atom stereocenters. The predicted molar refractivity (Wildman–Crippen MR) is 84.1 cm³/mol. The Bertz CT molecular complexity index is 860. The SMILES string of the molecule is Cc1ccn2c(=O)c(C(=O)N3CCOCC3CC(=O)O)cnc2c1. The highest BCUT2D eigenvalue weighted by atomic mass is 16.5. The molecule has 1 aliphatic rings. The number of fused-ring (bicyclic) bond motifs is 1. The number of aromatic nitrogens is 2. The number of amides is 1. The van der Waals surface area contributed by atoms with E-state index >= 15 is 0 Å². The summed E-state index contributed by atoms with van der Waals surface area (Å²) in [6, 6.07) is 2.91. The Kier molecular flexibility index (Phi) is 4.30. The van der Waals surface area contributed by atoms with Gasteiger partial charge in [0, 0.05) is 18.9 Å². The zero-order chi connectivity index (χ0) is 17.3. The molecule has 3 rings (SSSR count). The van der Waals surface area contributed by atoms with Gasteiger partial charge in [0.2, 0.25) is 0 Å². The lowest BCUT2D eigenvalue weighted by atomic mass is 10.1. The summed E-state index contributed by atoms with van der Waals surface area (Å²) in [5.41, 5.74) is 0.871. The number of pyridine rings is 1. The molecule has 8 heteroatoms. The molecular formula is C16H17N3O5. The second-order valence-electron chi connectivity index (χ2n) is 5.73. The van der Waals surface area contributed by atoms with Gasteiger partial charge in [0.15, 0.2) is 0 Å². The van der Waals surface area contributed by atoms with Gasteiger partial charge in [-0.25, -0.2) is 4.98 Å². The Morgan fingerprint density at radius 2 is 2.25 bits per heavy atom. The first-order chi connectivity index (χ1) is 11.5. The Morgan fingerprint density at radius 1 is 1.46 bits per heavy atom. The Balaban J connectivity index is 1.98. The maximum Gasteiger partial charge on any atom is 0.305 e. The molecule has 1 unspecified atom stereocenters. The predicted octanol–water partition coefficient (Wildman–Crippen LogP) is 0.319. The average Bonchev–Trinajstić information content (AvgIpc) is 2.54. The van der Waals surface area contributed by atoms with Gasteiger partial charge < -0.3 is 14.7 Å². The van der Waals surface area contributed by atoms with E-state index in [-0.39, 0.29) is 25.1 Å². The quantitative estimate of drug-likeness (QED) is 0.869. The minimum absolute atomic E-state index is 0.0753. The number of hydrogen-bond donors (Lipinski definition) is 1. The standard InChI is InChI=1S/C16H17N3O5/c1-10-2-3-19-13(6-10)17-8-12(16(19)23)15(22)18-4-5-24-9-11(18)7-14(20)21/h2-3,6,8,11H,4-5,7,9H2,1H3,(H,20,21). The first-order valence-electron chi connectivity index (χ1n) is 7.56. The summed E-state index contributed by atoms with van der Waals surface area (Å²) in [6.45, 7) is 2.57. The fraction of sp³-hybridized carbons (Fsp3) is 0.375. The van der Waals surface area contributed by atoms with E-state index in [0.29, 0.717) is 12.3 Å². The molecule has 1 aliphatic heterocycles. The average molecular weight is 331 g/mol. The van der Waals surface area contributed by atoms with E-state index in [2.05, 4.69) is 4.98 Å². The summed E-state index contributed by atoms with van der Waals surface area (Å²) in [5, 5.41) is 8.99. The first-order valence-corrected chi connectivity index (χ1v) is 7.56. The second kappa shape index (κ2) is 6.40. The van der Waals surface area contributed by atoms with E-state index in [1.807, 2.05) is 6.92 Å². The van der Waals surface area contributed by atoms with Crippen molar-refractivity contribution in [1.82, 2.24) is 14.3 Å². The smallest absolute Gasteiger partial charge is 0.305 e. The van der Waals surface area contributed by atoms with E-state index in [9.17, 15) is 14.4 Å². The lowest BCUT2D eigenvalue weighted by Crippen LogP contribution is -2.50. The number of aryl methyl sites for hydroxylation is 1. The molecule has 0 radical (unpaired) electrons. The molecule has 0 spiro atoms. The van der Waals surface area contributed by atoms with E-state index < -0.39 is 23.5 Å². The van der Waals surface area contributed by atoms with Gasteiger partial charge >= 0.3 is 5.97 Å².